The van der Waals surface area contributed by atoms with E-state index < -0.39 is 21.7 Å². The van der Waals surface area contributed by atoms with E-state index in [1.807, 2.05) is 6.92 Å². The van der Waals surface area contributed by atoms with Crippen molar-refractivity contribution in [2.24, 2.45) is 0 Å². The number of sulfonamides is 1. The van der Waals surface area contributed by atoms with Crippen LogP contribution in [0.15, 0.2) is 47.4 Å². The van der Waals surface area contributed by atoms with Crippen molar-refractivity contribution in [2.45, 2.75) is 18.7 Å². The summed E-state index contributed by atoms with van der Waals surface area (Å²) in [6.45, 7) is 3.43. The second-order valence-corrected chi connectivity index (χ2v) is 9.02. The van der Waals surface area contributed by atoms with E-state index in [0.717, 1.165) is 41.2 Å². The number of carbonyl (C=O) groups excluding carboxylic acids is 1. The third-order valence-corrected chi connectivity index (χ3v) is 6.59. The summed E-state index contributed by atoms with van der Waals surface area (Å²) in [4.78, 5) is 16.8. The van der Waals surface area contributed by atoms with Gasteiger partial charge in [0, 0.05) is 10.7 Å². The first-order valence-corrected chi connectivity index (χ1v) is 10.7. The number of benzene rings is 2. The quantitative estimate of drug-likeness (QED) is 0.607. The first kappa shape index (κ1) is 20.2. The number of amides is 1. The van der Waals surface area contributed by atoms with Gasteiger partial charge >= 0.3 is 0 Å². The van der Waals surface area contributed by atoms with Crippen LogP contribution >= 0.6 is 22.9 Å². The Morgan fingerprint density at radius 2 is 1.82 bits per heavy atom. The number of thiazole rings is 1. The average molecular weight is 440 g/mol. The van der Waals surface area contributed by atoms with E-state index in [0.29, 0.717) is 16.4 Å². The second kappa shape index (κ2) is 7.86. The van der Waals surface area contributed by atoms with Gasteiger partial charge in [-0.05, 0) is 55.8 Å². The molecule has 0 spiro atoms. The fourth-order valence-corrected chi connectivity index (χ4v) is 4.62. The number of nitrogens with one attached hydrogen (secondary N) is 2. The van der Waals surface area contributed by atoms with Gasteiger partial charge in [-0.1, -0.05) is 29.0 Å². The van der Waals surface area contributed by atoms with Crippen molar-refractivity contribution in [3.8, 4) is 0 Å². The minimum atomic E-state index is -3.95. The zero-order valence-corrected chi connectivity index (χ0v) is 17.2. The molecule has 0 aliphatic heterocycles. The number of nitrogens with zero attached hydrogens (tertiary/aromatic N) is 1. The van der Waals surface area contributed by atoms with E-state index in [-0.39, 0.29) is 14.9 Å². The first-order chi connectivity index (χ1) is 13.2. The molecule has 2 N–H and O–H groups in total. The molecule has 10 heteroatoms. The van der Waals surface area contributed by atoms with Crippen LogP contribution in [0.1, 0.15) is 20.9 Å². The van der Waals surface area contributed by atoms with Crippen molar-refractivity contribution in [1.29, 1.82) is 0 Å². The first-order valence-electron chi connectivity index (χ1n) is 7.99. The number of carbonyl (C=O) groups is 1. The fraction of sp³-hybridized carbons (Fsp3) is 0.111. The summed E-state index contributed by atoms with van der Waals surface area (Å²) in [6, 6.07) is 9.51. The minimum Gasteiger partial charge on any atom is -0.321 e. The van der Waals surface area contributed by atoms with Crippen molar-refractivity contribution in [3.63, 3.8) is 0 Å². The molecular formula is C18H15ClFN3O3S2. The molecule has 6 nitrogen and oxygen atoms in total. The van der Waals surface area contributed by atoms with Crippen molar-refractivity contribution in [2.75, 3.05) is 10.0 Å². The van der Waals surface area contributed by atoms with Crippen LogP contribution in [-0.2, 0) is 10.0 Å². The molecule has 0 unspecified atom stereocenters. The van der Waals surface area contributed by atoms with Gasteiger partial charge in [-0.2, -0.15) is 0 Å². The monoisotopic (exact) mass is 439 g/mol. The number of aryl methyl sites for hydroxylation is 2. The Bertz CT molecular complexity index is 1150. The Hall–Kier alpha value is -2.49. The van der Waals surface area contributed by atoms with Crippen molar-refractivity contribution < 1.29 is 17.6 Å². The number of rotatable bonds is 5. The molecule has 3 aromatic rings. The summed E-state index contributed by atoms with van der Waals surface area (Å²) in [5, 5.41) is 3.27. The Morgan fingerprint density at radius 3 is 2.50 bits per heavy atom. The van der Waals surface area contributed by atoms with Crippen LogP contribution in [0.3, 0.4) is 0 Å². The van der Waals surface area contributed by atoms with Crippen LogP contribution in [0.25, 0.3) is 0 Å². The molecule has 3 rings (SSSR count). The molecule has 0 aliphatic carbocycles. The topological polar surface area (TPSA) is 88.2 Å². The summed E-state index contributed by atoms with van der Waals surface area (Å²) < 4.78 is 40.1. The zero-order valence-electron chi connectivity index (χ0n) is 14.8. The molecule has 28 heavy (non-hydrogen) atoms. The second-order valence-electron chi connectivity index (χ2n) is 5.91. The summed E-state index contributed by atoms with van der Waals surface area (Å²) in [6.07, 6.45) is 0. The van der Waals surface area contributed by atoms with Crippen molar-refractivity contribution in [1.82, 2.24) is 4.98 Å². The Kier molecular flexibility index (Phi) is 5.69. The zero-order chi connectivity index (χ0) is 20.5. The van der Waals surface area contributed by atoms with Gasteiger partial charge in [-0.15, -0.1) is 0 Å². The van der Waals surface area contributed by atoms with Crippen LogP contribution in [0.4, 0.5) is 15.2 Å². The Balaban J connectivity index is 1.81. The highest BCUT2D eigenvalue weighted by Gasteiger charge is 2.21. The van der Waals surface area contributed by atoms with Gasteiger partial charge in [-0.3, -0.25) is 9.52 Å². The molecule has 1 heterocycles. The predicted molar refractivity (Wildman–Crippen MR) is 108 cm³/mol. The lowest BCUT2D eigenvalue weighted by Gasteiger charge is -2.08. The van der Waals surface area contributed by atoms with Crippen molar-refractivity contribution in [3.05, 3.63) is 69.4 Å². The highest BCUT2D eigenvalue weighted by atomic mass is 35.5. The molecule has 0 aliphatic rings. The number of halogens is 2. The maximum atomic E-state index is 13.0. The summed E-state index contributed by atoms with van der Waals surface area (Å²) in [5.74, 6) is -0.966. The standard InChI is InChI=1S/C18H15ClFN3O3S2/c1-10-3-4-12(19)9-15(10)22-17(24)16-11(2)21-18(27-16)23-28(25,26)14-7-5-13(20)6-8-14/h3-9H,1-2H3,(H,21,23)(H,22,24). The molecule has 2 aromatic carbocycles. The van der Waals surface area contributed by atoms with Crippen LogP contribution in [0, 0.1) is 19.7 Å². The van der Waals surface area contributed by atoms with Crippen LogP contribution in [0.2, 0.25) is 5.02 Å². The summed E-state index contributed by atoms with van der Waals surface area (Å²) >= 11 is 6.86. The van der Waals surface area contributed by atoms with E-state index in [2.05, 4.69) is 15.0 Å². The molecule has 0 radical (unpaired) electrons. The molecule has 0 fully saturated rings. The number of hydrogen-bond donors (Lipinski definition) is 2. The highest BCUT2D eigenvalue weighted by Crippen LogP contribution is 2.27. The van der Waals surface area contributed by atoms with Crippen LogP contribution in [0.5, 0.6) is 0 Å². The maximum absolute atomic E-state index is 13.0. The smallest absolute Gasteiger partial charge is 0.267 e. The number of aromatic nitrogens is 1. The molecule has 0 bridgehead atoms. The average Bonchev–Trinajstić information content (AvgIpc) is 2.98. The molecule has 146 valence electrons. The normalized spacial score (nSPS) is 11.3. The summed E-state index contributed by atoms with van der Waals surface area (Å²) in [5.41, 5.74) is 1.76. The number of anilines is 2. The van der Waals surface area contributed by atoms with Gasteiger partial charge in [0.1, 0.15) is 10.7 Å². The Labute approximate surface area is 170 Å². The van der Waals surface area contributed by atoms with E-state index in [4.69, 9.17) is 11.6 Å². The lowest BCUT2D eigenvalue weighted by molar-refractivity contribution is 0.102. The largest absolute Gasteiger partial charge is 0.321 e. The predicted octanol–water partition coefficient (Wildman–Crippen LogP) is 4.61. The summed E-state index contributed by atoms with van der Waals surface area (Å²) in [7, 11) is -3.95. The van der Waals surface area contributed by atoms with Crippen LogP contribution in [-0.4, -0.2) is 19.3 Å². The fourth-order valence-electron chi connectivity index (χ4n) is 2.35. The Morgan fingerprint density at radius 1 is 1.14 bits per heavy atom. The maximum Gasteiger partial charge on any atom is 0.267 e. The molecular weight excluding hydrogens is 425 g/mol. The SMILES string of the molecule is Cc1ccc(Cl)cc1NC(=O)c1sc(NS(=O)(=O)c2ccc(F)cc2)nc1C. The lowest BCUT2D eigenvalue weighted by Crippen LogP contribution is -2.12. The molecule has 0 saturated heterocycles. The third kappa shape index (κ3) is 4.49. The lowest BCUT2D eigenvalue weighted by atomic mass is 10.2. The van der Waals surface area contributed by atoms with Crippen molar-refractivity contribution >= 4 is 49.7 Å². The van der Waals surface area contributed by atoms with E-state index in [9.17, 15) is 17.6 Å². The molecule has 1 aromatic heterocycles. The van der Waals surface area contributed by atoms with E-state index >= 15 is 0 Å². The van der Waals surface area contributed by atoms with Gasteiger partial charge in [0.15, 0.2) is 5.13 Å². The minimum absolute atomic E-state index is 0.0368. The molecule has 1 amide bonds. The number of hydrogen-bond acceptors (Lipinski definition) is 5. The molecule has 0 saturated carbocycles. The highest BCUT2D eigenvalue weighted by molar-refractivity contribution is 7.93. The van der Waals surface area contributed by atoms with Gasteiger partial charge in [-0.25, -0.2) is 17.8 Å². The van der Waals surface area contributed by atoms with Gasteiger partial charge in [0.2, 0.25) is 0 Å². The molecule has 0 atom stereocenters. The van der Waals surface area contributed by atoms with E-state index in [1.165, 1.54) is 0 Å². The third-order valence-electron chi connectivity index (χ3n) is 3.80. The van der Waals surface area contributed by atoms with Crippen LogP contribution < -0.4 is 10.0 Å². The van der Waals surface area contributed by atoms with Gasteiger partial charge in [0.25, 0.3) is 15.9 Å². The van der Waals surface area contributed by atoms with E-state index in [1.54, 1.807) is 25.1 Å². The van der Waals surface area contributed by atoms with Gasteiger partial charge in [0.05, 0.1) is 10.6 Å². The van der Waals surface area contributed by atoms with Gasteiger partial charge < -0.3 is 5.32 Å².